The molecule has 1 amide bonds. The molecule has 128 valence electrons. The average Bonchev–Trinajstić information content (AvgIpc) is 3.37. The summed E-state index contributed by atoms with van der Waals surface area (Å²) in [5, 5.41) is 12.4. The Morgan fingerprint density at radius 3 is 2.75 bits per heavy atom. The number of nitrogens with zero attached hydrogens (tertiary/aromatic N) is 3. The molecule has 5 nitrogen and oxygen atoms in total. The van der Waals surface area contributed by atoms with Crippen molar-refractivity contribution in [3.05, 3.63) is 36.2 Å². The van der Waals surface area contributed by atoms with E-state index in [4.69, 9.17) is 0 Å². The fourth-order valence-corrected chi connectivity index (χ4v) is 4.03. The number of thioether (sulfide) groups is 2. The van der Waals surface area contributed by atoms with Crippen LogP contribution in [0.5, 0.6) is 0 Å². The largest absolute Gasteiger partial charge is 0.355 e. The Labute approximate surface area is 151 Å². The van der Waals surface area contributed by atoms with E-state index in [9.17, 15) is 4.79 Å². The van der Waals surface area contributed by atoms with Crippen LogP contribution in [-0.2, 0) is 11.3 Å². The Balaban J connectivity index is 1.38. The summed E-state index contributed by atoms with van der Waals surface area (Å²) >= 11 is 3.22. The standard InChI is InChI=1S/C17H22N4OS2/c1-2-21-16(13-8-9-13)19-20-17(21)24-12-15(22)18-10-11-23-14-6-4-3-5-7-14/h3-7,13H,2,8-12H2,1H3,(H,18,22). The van der Waals surface area contributed by atoms with Crippen LogP contribution in [0.3, 0.4) is 0 Å². The molecule has 0 bridgehead atoms. The van der Waals surface area contributed by atoms with Crippen LogP contribution in [-0.4, -0.2) is 38.7 Å². The zero-order valence-corrected chi connectivity index (χ0v) is 15.4. The van der Waals surface area contributed by atoms with E-state index in [0.29, 0.717) is 18.2 Å². The van der Waals surface area contributed by atoms with Crippen LogP contribution in [0.25, 0.3) is 0 Å². The second-order valence-corrected chi connectivity index (χ2v) is 7.77. The maximum Gasteiger partial charge on any atom is 0.230 e. The van der Waals surface area contributed by atoms with Crippen molar-refractivity contribution in [3.8, 4) is 0 Å². The topological polar surface area (TPSA) is 59.8 Å². The first-order valence-electron chi connectivity index (χ1n) is 8.28. The van der Waals surface area contributed by atoms with Gasteiger partial charge in [-0.25, -0.2) is 0 Å². The number of aromatic nitrogens is 3. The van der Waals surface area contributed by atoms with E-state index in [0.717, 1.165) is 23.3 Å². The molecular weight excluding hydrogens is 340 g/mol. The van der Waals surface area contributed by atoms with Crippen molar-refractivity contribution in [1.29, 1.82) is 0 Å². The SMILES string of the molecule is CCn1c(SCC(=O)NCCSc2ccccc2)nnc1C1CC1. The van der Waals surface area contributed by atoms with E-state index < -0.39 is 0 Å². The van der Waals surface area contributed by atoms with Gasteiger partial charge >= 0.3 is 0 Å². The molecule has 1 N–H and O–H groups in total. The van der Waals surface area contributed by atoms with E-state index in [1.807, 2.05) is 18.2 Å². The predicted molar refractivity (Wildman–Crippen MR) is 98.6 cm³/mol. The van der Waals surface area contributed by atoms with Gasteiger partial charge in [0.25, 0.3) is 0 Å². The Morgan fingerprint density at radius 1 is 1.25 bits per heavy atom. The molecule has 0 unspecified atom stereocenters. The monoisotopic (exact) mass is 362 g/mol. The lowest BCUT2D eigenvalue weighted by Gasteiger charge is -2.07. The van der Waals surface area contributed by atoms with E-state index in [1.165, 1.54) is 29.5 Å². The van der Waals surface area contributed by atoms with Gasteiger partial charge in [0.05, 0.1) is 5.75 Å². The van der Waals surface area contributed by atoms with Crippen LogP contribution in [0.2, 0.25) is 0 Å². The van der Waals surface area contributed by atoms with E-state index in [-0.39, 0.29) is 5.91 Å². The lowest BCUT2D eigenvalue weighted by molar-refractivity contribution is -0.118. The maximum absolute atomic E-state index is 12.0. The highest BCUT2D eigenvalue weighted by Gasteiger charge is 2.30. The molecule has 1 aliphatic rings. The number of hydrogen-bond acceptors (Lipinski definition) is 5. The second-order valence-electron chi connectivity index (χ2n) is 5.66. The minimum atomic E-state index is 0.0484. The zero-order chi connectivity index (χ0) is 16.8. The molecule has 7 heteroatoms. The number of benzene rings is 1. The molecule has 0 atom stereocenters. The predicted octanol–water partition coefficient (Wildman–Crippen LogP) is 3.18. The molecule has 1 fully saturated rings. The Morgan fingerprint density at radius 2 is 2.04 bits per heavy atom. The van der Waals surface area contributed by atoms with Gasteiger partial charge in [-0.3, -0.25) is 4.79 Å². The lowest BCUT2D eigenvalue weighted by atomic mass is 10.4. The van der Waals surface area contributed by atoms with E-state index in [1.54, 1.807) is 11.8 Å². The molecule has 0 aliphatic heterocycles. The van der Waals surface area contributed by atoms with Crippen LogP contribution >= 0.6 is 23.5 Å². The zero-order valence-electron chi connectivity index (χ0n) is 13.8. The van der Waals surface area contributed by atoms with Gasteiger partial charge in [-0.2, -0.15) is 0 Å². The highest BCUT2D eigenvalue weighted by Crippen LogP contribution is 2.39. The Kier molecular flexibility index (Phi) is 6.20. The summed E-state index contributed by atoms with van der Waals surface area (Å²) in [5.41, 5.74) is 0. The van der Waals surface area contributed by atoms with Crippen molar-refractivity contribution >= 4 is 29.4 Å². The molecule has 0 saturated heterocycles. The molecule has 3 rings (SSSR count). The summed E-state index contributed by atoms with van der Waals surface area (Å²) in [6.45, 7) is 3.63. The van der Waals surface area contributed by atoms with Crippen LogP contribution in [0.4, 0.5) is 0 Å². The van der Waals surface area contributed by atoms with Gasteiger partial charge in [0.15, 0.2) is 5.16 Å². The van der Waals surface area contributed by atoms with E-state index >= 15 is 0 Å². The van der Waals surface area contributed by atoms with Gasteiger partial charge < -0.3 is 9.88 Å². The van der Waals surface area contributed by atoms with Crippen molar-refractivity contribution in [3.63, 3.8) is 0 Å². The van der Waals surface area contributed by atoms with Crippen molar-refractivity contribution in [2.75, 3.05) is 18.1 Å². The van der Waals surface area contributed by atoms with Crippen molar-refractivity contribution in [2.24, 2.45) is 0 Å². The molecule has 0 radical (unpaired) electrons. The van der Waals surface area contributed by atoms with Crippen molar-refractivity contribution in [1.82, 2.24) is 20.1 Å². The first kappa shape index (κ1) is 17.4. The fraction of sp³-hybridized carbons (Fsp3) is 0.471. The lowest BCUT2D eigenvalue weighted by Crippen LogP contribution is -2.27. The summed E-state index contributed by atoms with van der Waals surface area (Å²) in [6, 6.07) is 10.2. The molecule has 1 aromatic carbocycles. The number of hydrogen-bond donors (Lipinski definition) is 1. The van der Waals surface area contributed by atoms with Crippen molar-refractivity contribution < 1.29 is 4.79 Å². The molecule has 1 saturated carbocycles. The Hall–Kier alpha value is -1.47. The molecule has 0 spiro atoms. The fourth-order valence-electron chi connectivity index (χ4n) is 2.40. The van der Waals surface area contributed by atoms with Gasteiger partial charge in [0.2, 0.25) is 5.91 Å². The van der Waals surface area contributed by atoms with Gasteiger partial charge in [0.1, 0.15) is 5.82 Å². The quantitative estimate of drug-likeness (QED) is 0.548. The maximum atomic E-state index is 12.0. The summed E-state index contributed by atoms with van der Waals surface area (Å²) < 4.78 is 2.14. The minimum Gasteiger partial charge on any atom is -0.355 e. The summed E-state index contributed by atoms with van der Waals surface area (Å²) in [6.07, 6.45) is 2.42. The number of rotatable bonds is 9. The highest BCUT2D eigenvalue weighted by atomic mass is 32.2. The number of nitrogens with one attached hydrogen (secondary N) is 1. The highest BCUT2D eigenvalue weighted by molar-refractivity contribution is 7.99. The van der Waals surface area contributed by atoms with Gasteiger partial charge in [-0.05, 0) is 31.9 Å². The summed E-state index contributed by atoms with van der Waals surface area (Å²) in [4.78, 5) is 13.2. The van der Waals surface area contributed by atoms with Crippen LogP contribution < -0.4 is 5.32 Å². The van der Waals surface area contributed by atoms with Crippen molar-refractivity contribution in [2.45, 2.75) is 42.3 Å². The second kappa shape index (κ2) is 8.58. The first-order valence-corrected chi connectivity index (χ1v) is 10.3. The van der Waals surface area contributed by atoms with Gasteiger partial charge in [0, 0.05) is 29.7 Å². The molecule has 1 heterocycles. The normalized spacial score (nSPS) is 13.9. The third-order valence-corrected chi connectivity index (χ3v) is 5.75. The van der Waals surface area contributed by atoms with Crippen LogP contribution in [0.1, 0.15) is 31.5 Å². The number of carbonyl (C=O) groups excluding carboxylic acids is 1. The molecule has 1 aliphatic carbocycles. The first-order chi connectivity index (χ1) is 11.8. The minimum absolute atomic E-state index is 0.0484. The smallest absolute Gasteiger partial charge is 0.230 e. The number of amides is 1. The molecule has 1 aromatic heterocycles. The van der Waals surface area contributed by atoms with Gasteiger partial charge in [-0.1, -0.05) is 30.0 Å². The van der Waals surface area contributed by atoms with E-state index in [2.05, 4.69) is 39.1 Å². The molecule has 24 heavy (non-hydrogen) atoms. The van der Waals surface area contributed by atoms with Gasteiger partial charge in [-0.15, -0.1) is 22.0 Å². The third-order valence-electron chi connectivity index (χ3n) is 3.77. The van der Waals surface area contributed by atoms with Crippen LogP contribution in [0.15, 0.2) is 40.4 Å². The molecule has 2 aromatic rings. The summed E-state index contributed by atoms with van der Waals surface area (Å²) in [5.74, 6) is 2.97. The average molecular weight is 363 g/mol. The summed E-state index contributed by atoms with van der Waals surface area (Å²) in [7, 11) is 0. The van der Waals surface area contributed by atoms with Crippen LogP contribution in [0, 0.1) is 0 Å². The molecular formula is C17H22N4OS2. The Bertz CT molecular complexity index is 670. The third kappa shape index (κ3) is 4.77. The number of carbonyl (C=O) groups is 1.